The van der Waals surface area contributed by atoms with E-state index in [0.717, 1.165) is 25.0 Å². The number of ether oxygens (including phenoxy) is 1. The molecule has 0 fully saturated rings. The second kappa shape index (κ2) is 5.54. The first-order chi connectivity index (χ1) is 7.83. The molecule has 0 saturated heterocycles. The standard InChI is InChI=1S/C15H25NO/c1-11-9-13(7-6-8-15(3,4)16)14(17-5)10-12(11)2/h9-10H,6-8,16H2,1-5H3. The van der Waals surface area contributed by atoms with Crippen LogP contribution >= 0.6 is 0 Å². The molecule has 1 aromatic carbocycles. The molecule has 0 bridgehead atoms. The lowest BCUT2D eigenvalue weighted by molar-refractivity contribution is 0.405. The Kier molecular flexibility index (Phi) is 4.58. The van der Waals surface area contributed by atoms with Gasteiger partial charge >= 0.3 is 0 Å². The Morgan fingerprint density at radius 1 is 1.18 bits per heavy atom. The van der Waals surface area contributed by atoms with Crippen molar-refractivity contribution in [3.8, 4) is 5.75 Å². The average Bonchev–Trinajstić information content (AvgIpc) is 2.21. The maximum absolute atomic E-state index is 5.99. The minimum atomic E-state index is -0.0764. The highest BCUT2D eigenvalue weighted by Crippen LogP contribution is 2.25. The predicted octanol–water partition coefficient (Wildman–Crippen LogP) is 3.37. The molecule has 0 heterocycles. The summed E-state index contributed by atoms with van der Waals surface area (Å²) in [5.74, 6) is 1.00. The molecule has 2 N–H and O–H groups in total. The fourth-order valence-corrected chi connectivity index (χ4v) is 1.97. The number of benzene rings is 1. The molecule has 0 radical (unpaired) electrons. The third-order valence-electron chi connectivity index (χ3n) is 3.16. The van der Waals surface area contributed by atoms with Crippen LogP contribution in [-0.2, 0) is 6.42 Å². The topological polar surface area (TPSA) is 35.2 Å². The first-order valence-corrected chi connectivity index (χ1v) is 6.26. The molecule has 96 valence electrons. The van der Waals surface area contributed by atoms with E-state index in [2.05, 4.69) is 39.8 Å². The van der Waals surface area contributed by atoms with Gasteiger partial charge in [-0.15, -0.1) is 0 Å². The summed E-state index contributed by atoms with van der Waals surface area (Å²) in [6.07, 6.45) is 3.16. The van der Waals surface area contributed by atoms with Crippen molar-refractivity contribution in [2.24, 2.45) is 5.73 Å². The van der Waals surface area contributed by atoms with Gasteiger partial charge in [-0.2, -0.15) is 0 Å². The van der Waals surface area contributed by atoms with Crippen LogP contribution in [0.5, 0.6) is 5.75 Å². The smallest absolute Gasteiger partial charge is 0.122 e. The van der Waals surface area contributed by atoms with Gasteiger partial charge in [-0.05, 0) is 69.7 Å². The highest BCUT2D eigenvalue weighted by molar-refractivity contribution is 5.41. The quantitative estimate of drug-likeness (QED) is 0.849. The molecule has 0 atom stereocenters. The van der Waals surface area contributed by atoms with Crippen molar-refractivity contribution >= 4 is 0 Å². The molecule has 0 aliphatic heterocycles. The monoisotopic (exact) mass is 235 g/mol. The molecule has 0 aliphatic rings. The van der Waals surface area contributed by atoms with Crippen LogP contribution in [0.2, 0.25) is 0 Å². The third kappa shape index (κ3) is 4.39. The van der Waals surface area contributed by atoms with Crippen LogP contribution in [0.25, 0.3) is 0 Å². The Hall–Kier alpha value is -1.02. The molecule has 0 spiro atoms. The Balaban J connectivity index is 2.73. The lowest BCUT2D eigenvalue weighted by Gasteiger charge is -2.18. The fraction of sp³-hybridized carbons (Fsp3) is 0.600. The predicted molar refractivity (Wildman–Crippen MR) is 73.7 cm³/mol. The molecule has 1 aromatic rings. The van der Waals surface area contributed by atoms with E-state index in [1.165, 1.54) is 16.7 Å². The van der Waals surface area contributed by atoms with Gasteiger partial charge in [0.2, 0.25) is 0 Å². The van der Waals surface area contributed by atoms with E-state index >= 15 is 0 Å². The SMILES string of the molecule is COc1cc(C)c(C)cc1CCCC(C)(C)N. The fourth-order valence-electron chi connectivity index (χ4n) is 1.97. The zero-order chi connectivity index (χ0) is 13.1. The van der Waals surface area contributed by atoms with Crippen molar-refractivity contribution in [3.05, 3.63) is 28.8 Å². The second-order valence-corrected chi connectivity index (χ2v) is 5.59. The summed E-state index contributed by atoms with van der Waals surface area (Å²) in [7, 11) is 1.74. The molecule has 2 heteroatoms. The molecule has 0 unspecified atom stereocenters. The molecule has 0 aliphatic carbocycles. The van der Waals surface area contributed by atoms with Gasteiger partial charge in [0.25, 0.3) is 0 Å². The molecule has 0 saturated carbocycles. The second-order valence-electron chi connectivity index (χ2n) is 5.59. The zero-order valence-electron chi connectivity index (χ0n) is 11.8. The number of aryl methyl sites for hydroxylation is 3. The van der Waals surface area contributed by atoms with Crippen molar-refractivity contribution in [3.63, 3.8) is 0 Å². The van der Waals surface area contributed by atoms with Crippen molar-refractivity contribution < 1.29 is 4.74 Å². The lowest BCUT2D eigenvalue weighted by Crippen LogP contribution is -2.31. The van der Waals surface area contributed by atoms with Gasteiger partial charge in [-0.3, -0.25) is 0 Å². The molecular weight excluding hydrogens is 210 g/mol. The Morgan fingerprint density at radius 3 is 2.29 bits per heavy atom. The van der Waals surface area contributed by atoms with Crippen LogP contribution in [0, 0.1) is 13.8 Å². The highest BCUT2D eigenvalue weighted by Gasteiger charge is 2.11. The van der Waals surface area contributed by atoms with Crippen molar-refractivity contribution in [1.29, 1.82) is 0 Å². The third-order valence-corrected chi connectivity index (χ3v) is 3.16. The van der Waals surface area contributed by atoms with Crippen LogP contribution in [0.15, 0.2) is 12.1 Å². The van der Waals surface area contributed by atoms with Gasteiger partial charge < -0.3 is 10.5 Å². The van der Waals surface area contributed by atoms with Crippen LogP contribution in [-0.4, -0.2) is 12.6 Å². The first kappa shape index (κ1) is 14.0. The lowest BCUT2D eigenvalue weighted by atomic mass is 9.95. The first-order valence-electron chi connectivity index (χ1n) is 6.26. The number of methoxy groups -OCH3 is 1. The van der Waals surface area contributed by atoms with Crippen LogP contribution in [0.1, 0.15) is 43.4 Å². The van der Waals surface area contributed by atoms with Gasteiger partial charge in [-0.25, -0.2) is 0 Å². The molecule has 2 nitrogen and oxygen atoms in total. The van der Waals surface area contributed by atoms with Crippen molar-refractivity contribution in [2.75, 3.05) is 7.11 Å². The normalized spacial score (nSPS) is 11.6. The summed E-state index contributed by atoms with van der Waals surface area (Å²) >= 11 is 0. The summed E-state index contributed by atoms with van der Waals surface area (Å²) in [5.41, 5.74) is 9.82. The summed E-state index contributed by atoms with van der Waals surface area (Å²) in [5, 5.41) is 0. The highest BCUT2D eigenvalue weighted by atomic mass is 16.5. The maximum Gasteiger partial charge on any atom is 0.122 e. The molecular formula is C15H25NO. The molecule has 0 amide bonds. The Morgan fingerprint density at radius 2 is 1.76 bits per heavy atom. The van der Waals surface area contributed by atoms with Gasteiger partial charge in [0.15, 0.2) is 0 Å². The Labute approximate surface area is 105 Å². The molecule has 1 rings (SSSR count). The van der Waals surface area contributed by atoms with Crippen LogP contribution < -0.4 is 10.5 Å². The number of rotatable bonds is 5. The molecule has 0 aromatic heterocycles. The van der Waals surface area contributed by atoms with Gasteiger partial charge in [0.05, 0.1) is 7.11 Å². The number of hydrogen-bond acceptors (Lipinski definition) is 2. The van der Waals surface area contributed by atoms with Crippen LogP contribution in [0.3, 0.4) is 0 Å². The van der Waals surface area contributed by atoms with Crippen molar-refractivity contribution in [1.82, 2.24) is 0 Å². The van der Waals surface area contributed by atoms with Gasteiger partial charge in [0, 0.05) is 5.54 Å². The van der Waals surface area contributed by atoms with Gasteiger partial charge in [-0.1, -0.05) is 6.07 Å². The van der Waals surface area contributed by atoms with Crippen LogP contribution in [0.4, 0.5) is 0 Å². The minimum absolute atomic E-state index is 0.0764. The summed E-state index contributed by atoms with van der Waals surface area (Å²) < 4.78 is 5.43. The zero-order valence-corrected chi connectivity index (χ0v) is 11.8. The van der Waals surface area contributed by atoms with Crippen molar-refractivity contribution in [2.45, 2.75) is 52.5 Å². The average molecular weight is 235 g/mol. The Bertz CT molecular complexity index is 377. The maximum atomic E-state index is 5.99. The van der Waals surface area contributed by atoms with E-state index in [4.69, 9.17) is 10.5 Å². The minimum Gasteiger partial charge on any atom is -0.496 e. The summed E-state index contributed by atoms with van der Waals surface area (Å²) in [6.45, 7) is 8.41. The largest absolute Gasteiger partial charge is 0.496 e. The van der Waals surface area contributed by atoms with E-state index in [9.17, 15) is 0 Å². The number of nitrogens with two attached hydrogens (primary N) is 1. The van der Waals surface area contributed by atoms with E-state index in [1.54, 1.807) is 7.11 Å². The van der Waals surface area contributed by atoms with E-state index in [1.807, 2.05) is 0 Å². The van der Waals surface area contributed by atoms with Gasteiger partial charge in [0.1, 0.15) is 5.75 Å². The van der Waals surface area contributed by atoms with E-state index in [-0.39, 0.29) is 5.54 Å². The summed E-state index contributed by atoms with van der Waals surface area (Å²) in [6, 6.07) is 4.36. The number of hydrogen-bond donors (Lipinski definition) is 1. The van der Waals surface area contributed by atoms with E-state index < -0.39 is 0 Å². The summed E-state index contributed by atoms with van der Waals surface area (Å²) in [4.78, 5) is 0. The van der Waals surface area contributed by atoms with E-state index in [0.29, 0.717) is 0 Å². The molecule has 17 heavy (non-hydrogen) atoms.